The van der Waals surface area contributed by atoms with Gasteiger partial charge in [0.1, 0.15) is 0 Å². The van der Waals surface area contributed by atoms with Crippen LogP contribution in [0.4, 0.5) is 0 Å². The molecule has 9 heteroatoms. The monoisotopic (exact) mass is 321 g/mol. The van der Waals surface area contributed by atoms with Crippen molar-refractivity contribution in [2.45, 2.75) is 6.04 Å². The van der Waals surface area contributed by atoms with Gasteiger partial charge in [0.05, 0.1) is 18.6 Å². The summed E-state index contributed by atoms with van der Waals surface area (Å²) in [6.45, 7) is -0.834. The molecule has 0 radical (unpaired) electrons. The summed E-state index contributed by atoms with van der Waals surface area (Å²) in [4.78, 5) is 27.6. The van der Waals surface area contributed by atoms with Crippen LogP contribution in [-0.2, 0) is 13.9 Å². The number of nitrogens with two attached hydrogens (primary N) is 1. The van der Waals surface area contributed by atoms with Gasteiger partial charge in [0, 0.05) is 0 Å². The van der Waals surface area contributed by atoms with Crippen molar-refractivity contribution in [1.82, 2.24) is 0 Å². The summed E-state index contributed by atoms with van der Waals surface area (Å²) < 4.78 is 13.5. The molecule has 0 aromatic carbocycles. The quantitative estimate of drug-likeness (QED) is 0.400. The number of carbonyl (C=O) groups excluding carboxylic acids is 1. The van der Waals surface area contributed by atoms with Crippen LogP contribution in [0.3, 0.4) is 0 Å². The SMILES string of the molecule is NC(COP(=O)([O-])O)C(=O)[O-].[Ba+2]. The van der Waals surface area contributed by atoms with Crippen molar-refractivity contribution < 1.29 is 28.8 Å². The van der Waals surface area contributed by atoms with Crippen molar-refractivity contribution >= 4 is 62.7 Å². The molecule has 0 bridgehead atoms. The molecular formula is C3H6BaNO6P. The minimum atomic E-state index is -4.88. The van der Waals surface area contributed by atoms with Crippen LogP contribution < -0.4 is 15.7 Å². The number of phosphoric acid groups is 1. The van der Waals surface area contributed by atoms with Gasteiger partial charge in [0.2, 0.25) is 0 Å². The molecule has 66 valence electrons. The molecule has 0 amide bonds. The molecule has 2 unspecified atom stereocenters. The molecular weight excluding hydrogens is 314 g/mol. The Morgan fingerprint density at radius 1 is 1.75 bits per heavy atom. The van der Waals surface area contributed by atoms with E-state index in [4.69, 9.17) is 10.6 Å². The van der Waals surface area contributed by atoms with Gasteiger partial charge >= 0.3 is 48.9 Å². The molecule has 0 saturated carbocycles. The standard InChI is InChI=1S/C3H8NO6P.Ba/c4-2(3(5)6)1-10-11(7,8)9;/h2H,1,4H2,(H,5,6)(H2,7,8,9);/q;+2/p-2. The molecule has 0 aromatic rings. The van der Waals surface area contributed by atoms with Gasteiger partial charge in [-0.3, -0.25) is 4.57 Å². The molecule has 0 aliphatic rings. The van der Waals surface area contributed by atoms with E-state index in [9.17, 15) is 19.4 Å². The molecule has 0 heterocycles. The van der Waals surface area contributed by atoms with Crippen molar-refractivity contribution in [2.75, 3.05) is 6.61 Å². The Kier molecular flexibility index (Phi) is 8.50. The number of rotatable bonds is 4. The van der Waals surface area contributed by atoms with E-state index in [1.165, 1.54) is 0 Å². The molecule has 0 fully saturated rings. The Bertz CT molecular complexity index is 191. The molecule has 7 nitrogen and oxygen atoms in total. The molecule has 0 rings (SSSR count). The zero-order valence-electron chi connectivity index (χ0n) is 6.00. The average Bonchev–Trinajstić information content (AvgIpc) is 1.80. The van der Waals surface area contributed by atoms with Crippen LogP contribution in [0.25, 0.3) is 0 Å². The van der Waals surface area contributed by atoms with Crippen LogP contribution >= 0.6 is 7.82 Å². The Hall–Kier alpha value is 1.11. The van der Waals surface area contributed by atoms with Crippen molar-refractivity contribution in [3.05, 3.63) is 0 Å². The fourth-order valence-corrected chi connectivity index (χ4v) is 0.592. The van der Waals surface area contributed by atoms with Gasteiger partial charge in [-0.25, -0.2) is 0 Å². The predicted molar refractivity (Wildman–Crippen MR) is 34.5 cm³/mol. The van der Waals surface area contributed by atoms with Crippen molar-refractivity contribution in [2.24, 2.45) is 5.73 Å². The Morgan fingerprint density at radius 3 is 2.42 bits per heavy atom. The van der Waals surface area contributed by atoms with Gasteiger partial charge in [0.25, 0.3) is 7.82 Å². The maximum absolute atomic E-state index is 9.85. The minimum absolute atomic E-state index is 0. The zero-order valence-corrected chi connectivity index (χ0v) is 11.3. The van der Waals surface area contributed by atoms with Crippen LogP contribution in [0.2, 0.25) is 0 Å². The van der Waals surface area contributed by atoms with Gasteiger partial charge in [-0.05, 0) is 0 Å². The van der Waals surface area contributed by atoms with Gasteiger partial charge < -0.3 is 29.9 Å². The van der Waals surface area contributed by atoms with Crippen LogP contribution in [0.15, 0.2) is 0 Å². The molecule has 0 spiro atoms. The first-order valence-corrected chi connectivity index (χ1v) is 3.97. The third kappa shape index (κ3) is 9.20. The summed E-state index contributed by atoms with van der Waals surface area (Å²) in [6, 6.07) is -1.57. The maximum Gasteiger partial charge on any atom is 2.00 e. The molecule has 0 aromatic heterocycles. The first-order chi connectivity index (χ1) is 4.83. The van der Waals surface area contributed by atoms with E-state index in [0.717, 1.165) is 0 Å². The maximum atomic E-state index is 9.85. The summed E-state index contributed by atoms with van der Waals surface area (Å²) in [5.41, 5.74) is 4.77. The second-order valence-corrected chi connectivity index (χ2v) is 2.89. The van der Waals surface area contributed by atoms with E-state index in [0.29, 0.717) is 0 Å². The van der Waals surface area contributed by atoms with Crippen LogP contribution in [0.5, 0.6) is 0 Å². The van der Waals surface area contributed by atoms with Crippen molar-refractivity contribution in [3.8, 4) is 0 Å². The van der Waals surface area contributed by atoms with Crippen LogP contribution in [0, 0.1) is 0 Å². The van der Waals surface area contributed by atoms with E-state index in [1.54, 1.807) is 0 Å². The van der Waals surface area contributed by atoms with E-state index in [1.807, 2.05) is 0 Å². The van der Waals surface area contributed by atoms with Crippen molar-refractivity contribution in [1.29, 1.82) is 0 Å². The smallest absolute Gasteiger partial charge is 0.756 e. The van der Waals surface area contributed by atoms with Crippen molar-refractivity contribution in [3.63, 3.8) is 0 Å². The number of carbonyl (C=O) groups is 1. The summed E-state index contributed by atoms with van der Waals surface area (Å²) in [7, 11) is -4.88. The number of carboxylic acids is 1. The molecule has 0 aliphatic carbocycles. The number of hydrogen-bond acceptors (Lipinski definition) is 6. The summed E-state index contributed by atoms with van der Waals surface area (Å²) in [6.07, 6.45) is 0. The summed E-state index contributed by atoms with van der Waals surface area (Å²) in [5.74, 6) is -1.65. The molecule has 12 heavy (non-hydrogen) atoms. The first kappa shape index (κ1) is 15.6. The van der Waals surface area contributed by atoms with Gasteiger partial charge in [-0.2, -0.15) is 0 Å². The minimum Gasteiger partial charge on any atom is -0.756 e. The van der Waals surface area contributed by atoms with Gasteiger partial charge in [0.15, 0.2) is 0 Å². The fraction of sp³-hybridized carbons (Fsp3) is 0.667. The second kappa shape index (κ2) is 6.55. The normalized spacial score (nSPS) is 17.2. The van der Waals surface area contributed by atoms with E-state index in [2.05, 4.69) is 4.52 Å². The molecule has 2 atom stereocenters. The van der Waals surface area contributed by atoms with Crippen LogP contribution in [-0.4, -0.2) is 72.4 Å². The predicted octanol–water partition coefficient (Wildman–Crippen LogP) is -3.84. The first-order valence-electron chi connectivity index (χ1n) is 2.47. The van der Waals surface area contributed by atoms with Crippen LogP contribution in [0.1, 0.15) is 0 Å². The van der Waals surface area contributed by atoms with E-state index < -0.39 is 26.4 Å². The Morgan fingerprint density at radius 2 is 2.17 bits per heavy atom. The number of aliphatic carboxylic acids is 1. The average molecular weight is 320 g/mol. The summed E-state index contributed by atoms with van der Waals surface area (Å²) in [5, 5.41) is 9.83. The second-order valence-electron chi connectivity index (χ2n) is 1.69. The van der Waals surface area contributed by atoms with Gasteiger partial charge in [-0.15, -0.1) is 0 Å². The van der Waals surface area contributed by atoms with E-state index in [-0.39, 0.29) is 48.9 Å². The van der Waals surface area contributed by atoms with Gasteiger partial charge in [-0.1, -0.05) is 0 Å². The number of hydrogen-bond donors (Lipinski definition) is 2. The topological polar surface area (TPSA) is 136 Å². The molecule has 0 saturated heterocycles. The van der Waals surface area contributed by atoms with E-state index >= 15 is 0 Å². The third-order valence-corrected chi connectivity index (χ3v) is 1.20. The Labute approximate surface area is 109 Å². The number of carboxylic acid groups (broad SMARTS) is 1. The Balaban J connectivity index is 0. The zero-order chi connectivity index (χ0) is 9.07. The largest absolute Gasteiger partial charge is 2.00 e. The fourth-order valence-electron chi connectivity index (χ4n) is 0.243. The molecule has 3 N–H and O–H groups in total. The molecule has 0 aliphatic heterocycles. The number of phosphoric ester groups is 1. The summed E-state index contributed by atoms with van der Waals surface area (Å²) >= 11 is 0. The third-order valence-electron chi connectivity index (χ3n) is 0.720.